The van der Waals surface area contributed by atoms with Crippen LogP contribution in [0.5, 0.6) is 0 Å². The van der Waals surface area contributed by atoms with E-state index in [1.165, 1.54) is 0 Å². The van der Waals surface area contributed by atoms with Crippen molar-refractivity contribution < 1.29 is 14.6 Å². The van der Waals surface area contributed by atoms with E-state index in [0.717, 1.165) is 16.8 Å². The molecular weight excluding hydrogens is 290 g/mol. The molecule has 0 aliphatic carbocycles. The van der Waals surface area contributed by atoms with Crippen LogP contribution in [0.2, 0.25) is 0 Å². The van der Waals surface area contributed by atoms with Gasteiger partial charge in [0.15, 0.2) is 0 Å². The van der Waals surface area contributed by atoms with Gasteiger partial charge < -0.3 is 5.32 Å². The minimum Gasteiger partial charge on any atom is -0.323 e. The summed E-state index contributed by atoms with van der Waals surface area (Å²) in [6.45, 7) is 5.67. The van der Waals surface area contributed by atoms with Gasteiger partial charge in [0, 0.05) is 17.7 Å². The van der Waals surface area contributed by atoms with Crippen molar-refractivity contribution in [3.05, 3.63) is 65.7 Å². The summed E-state index contributed by atoms with van der Waals surface area (Å²) in [5.74, 6) is -0.202. The first kappa shape index (κ1) is 15.7. The highest BCUT2D eigenvalue weighted by molar-refractivity contribution is 6.05. The molecule has 1 heterocycles. The molecular formula is C19H21NO3. The van der Waals surface area contributed by atoms with Gasteiger partial charge in [-0.2, -0.15) is 0 Å². The average molecular weight is 311 g/mol. The van der Waals surface area contributed by atoms with Gasteiger partial charge in [0.2, 0.25) is 5.60 Å². The Morgan fingerprint density at radius 2 is 1.65 bits per heavy atom. The lowest BCUT2D eigenvalue weighted by molar-refractivity contribution is -0.396. The van der Waals surface area contributed by atoms with E-state index >= 15 is 0 Å². The molecule has 120 valence electrons. The molecule has 3 rings (SSSR count). The number of rotatable bonds is 4. The van der Waals surface area contributed by atoms with E-state index in [1.807, 2.05) is 75.4 Å². The van der Waals surface area contributed by atoms with E-state index in [-0.39, 0.29) is 5.91 Å². The lowest BCUT2D eigenvalue weighted by Crippen LogP contribution is -2.41. The lowest BCUT2D eigenvalue weighted by atomic mass is 9.88. The molecule has 1 unspecified atom stereocenters. The van der Waals surface area contributed by atoms with Crippen molar-refractivity contribution in [1.82, 2.24) is 0 Å². The third-order valence-electron chi connectivity index (χ3n) is 3.71. The van der Waals surface area contributed by atoms with Crippen LogP contribution in [0.4, 0.5) is 5.69 Å². The number of fused-ring (bicyclic) bond motifs is 1. The van der Waals surface area contributed by atoms with Gasteiger partial charge in [-0.05, 0) is 32.4 Å². The molecule has 1 amide bonds. The third-order valence-corrected chi connectivity index (χ3v) is 3.71. The first-order valence-corrected chi connectivity index (χ1v) is 7.72. The number of amides is 1. The molecule has 0 aromatic heterocycles. The maximum absolute atomic E-state index is 12.8. The number of carbonyl (C=O) groups excluding carboxylic acids is 1. The van der Waals surface area contributed by atoms with Crippen LogP contribution in [-0.4, -0.2) is 11.5 Å². The zero-order valence-electron chi connectivity index (χ0n) is 13.6. The first-order chi connectivity index (χ1) is 10.9. The second-order valence-electron chi connectivity index (χ2n) is 6.77. The smallest absolute Gasteiger partial charge is 0.265 e. The van der Waals surface area contributed by atoms with E-state index in [1.54, 1.807) is 0 Å². The van der Waals surface area contributed by atoms with E-state index in [9.17, 15) is 4.79 Å². The molecule has 23 heavy (non-hydrogen) atoms. The highest BCUT2D eigenvalue weighted by Crippen LogP contribution is 2.42. The molecule has 4 heteroatoms. The van der Waals surface area contributed by atoms with Crippen molar-refractivity contribution in [3.8, 4) is 0 Å². The van der Waals surface area contributed by atoms with Gasteiger partial charge >= 0.3 is 0 Å². The lowest BCUT2D eigenvalue weighted by Gasteiger charge is -2.30. The zero-order valence-corrected chi connectivity index (χ0v) is 13.6. The molecule has 1 N–H and O–H groups in total. The summed E-state index contributed by atoms with van der Waals surface area (Å²) in [6.07, 6.45) is 0.409. The highest BCUT2D eigenvalue weighted by atomic mass is 17.2. The van der Waals surface area contributed by atoms with Crippen molar-refractivity contribution in [2.24, 2.45) is 0 Å². The molecule has 0 fully saturated rings. The maximum Gasteiger partial charge on any atom is 0.265 e. The van der Waals surface area contributed by atoms with E-state index in [4.69, 9.17) is 9.78 Å². The molecule has 0 bridgehead atoms. The standard InChI is InChI=1S/C19H21NO3/c1-18(2,3)22-23-19(13-14-9-5-4-6-10-14)15-11-7-8-12-16(15)20-17(19)21/h4-12H,13H2,1-3H3,(H,20,21). The Labute approximate surface area is 136 Å². The number of anilines is 1. The van der Waals surface area contributed by atoms with Gasteiger partial charge in [-0.25, -0.2) is 9.78 Å². The maximum atomic E-state index is 12.8. The summed E-state index contributed by atoms with van der Waals surface area (Å²) in [5, 5.41) is 2.90. The van der Waals surface area contributed by atoms with Crippen LogP contribution in [-0.2, 0) is 26.6 Å². The molecule has 0 radical (unpaired) electrons. The van der Waals surface area contributed by atoms with Crippen LogP contribution in [0.3, 0.4) is 0 Å². The number of hydrogen-bond donors (Lipinski definition) is 1. The quantitative estimate of drug-likeness (QED) is 0.689. The predicted octanol–water partition coefficient (Wildman–Crippen LogP) is 3.82. The molecule has 0 spiro atoms. The van der Waals surface area contributed by atoms with Crippen molar-refractivity contribution in [1.29, 1.82) is 0 Å². The molecule has 1 aliphatic heterocycles. The van der Waals surface area contributed by atoms with Crippen molar-refractivity contribution in [2.75, 3.05) is 5.32 Å². The normalized spacial score (nSPS) is 20.2. The van der Waals surface area contributed by atoms with Gasteiger partial charge in [0.1, 0.15) is 0 Å². The fraction of sp³-hybridized carbons (Fsp3) is 0.316. The van der Waals surface area contributed by atoms with Crippen LogP contribution < -0.4 is 5.32 Å². The Morgan fingerprint density at radius 3 is 2.35 bits per heavy atom. The topological polar surface area (TPSA) is 47.6 Å². The molecule has 2 aromatic rings. The van der Waals surface area contributed by atoms with Crippen molar-refractivity contribution in [3.63, 3.8) is 0 Å². The SMILES string of the molecule is CC(C)(C)OOC1(Cc2ccccc2)C(=O)Nc2ccccc21. The fourth-order valence-corrected chi connectivity index (χ4v) is 2.66. The van der Waals surface area contributed by atoms with Crippen molar-refractivity contribution in [2.45, 2.75) is 38.4 Å². The van der Waals surface area contributed by atoms with Gasteiger partial charge in [0.05, 0.1) is 5.60 Å². The van der Waals surface area contributed by atoms with Gasteiger partial charge in [0.25, 0.3) is 5.91 Å². The molecule has 1 atom stereocenters. The van der Waals surface area contributed by atoms with Crippen LogP contribution in [0.1, 0.15) is 31.9 Å². The molecule has 2 aromatic carbocycles. The number of para-hydroxylation sites is 1. The summed E-state index contributed by atoms with van der Waals surface area (Å²) < 4.78 is 0. The van der Waals surface area contributed by atoms with E-state index in [0.29, 0.717) is 6.42 Å². The minimum absolute atomic E-state index is 0.202. The summed E-state index contributed by atoms with van der Waals surface area (Å²) in [5.41, 5.74) is 0.896. The van der Waals surface area contributed by atoms with Crippen LogP contribution >= 0.6 is 0 Å². The molecule has 4 nitrogen and oxygen atoms in total. The average Bonchev–Trinajstić information content (AvgIpc) is 2.78. The van der Waals surface area contributed by atoms with Gasteiger partial charge in [-0.15, -0.1) is 0 Å². The van der Waals surface area contributed by atoms with Crippen LogP contribution in [0.25, 0.3) is 0 Å². The largest absolute Gasteiger partial charge is 0.323 e. The third kappa shape index (κ3) is 3.14. The van der Waals surface area contributed by atoms with Gasteiger partial charge in [-0.3, -0.25) is 4.79 Å². The number of benzene rings is 2. The van der Waals surface area contributed by atoms with Crippen LogP contribution in [0.15, 0.2) is 54.6 Å². The summed E-state index contributed by atoms with van der Waals surface area (Å²) in [4.78, 5) is 24.1. The first-order valence-electron chi connectivity index (χ1n) is 7.72. The Balaban J connectivity index is 2.02. The number of hydrogen-bond acceptors (Lipinski definition) is 3. The van der Waals surface area contributed by atoms with Crippen LogP contribution in [0, 0.1) is 0 Å². The van der Waals surface area contributed by atoms with Crippen molar-refractivity contribution >= 4 is 11.6 Å². The molecule has 0 saturated carbocycles. The molecule has 1 aliphatic rings. The fourth-order valence-electron chi connectivity index (χ4n) is 2.66. The number of nitrogens with one attached hydrogen (secondary N) is 1. The summed E-state index contributed by atoms with van der Waals surface area (Å²) >= 11 is 0. The summed E-state index contributed by atoms with van der Waals surface area (Å²) in [6, 6.07) is 17.4. The zero-order chi connectivity index (χ0) is 16.5. The Morgan fingerprint density at radius 1 is 1.00 bits per heavy atom. The second-order valence-corrected chi connectivity index (χ2v) is 6.77. The Bertz CT molecular complexity index is 706. The summed E-state index contributed by atoms with van der Waals surface area (Å²) in [7, 11) is 0. The molecule has 0 saturated heterocycles. The monoisotopic (exact) mass is 311 g/mol. The van der Waals surface area contributed by atoms with E-state index in [2.05, 4.69) is 5.32 Å². The Hall–Kier alpha value is -2.17. The van der Waals surface area contributed by atoms with E-state index < -0.39 is 11.2 Å². The second kappa shape index (κ2) is 5.80. The highest BCUT2D eigenvalue weighted by Gasteiger charge is 2.50. The predicted molar refractivity (Wildman–Crippen MR) is 88.8 cm³/mol. The Kier molecular flexibility index (Phi) is 3.96. The minimum atomic E-state index is -1.18. The van der Waals surface area contributed by atoms with Gasteiger partial charge in [-0.1, -0.05) is 48.5 Å². The number of carbonyl (C=O) groups is 1.